The van der Waals surface area contributed by atoms with E-state index in [1.165, 1.54) is 89.9 Å². The summed E-state index contributed by atoms with van der Waals surface area (Å²) in [5, 5.41) is 0.424. The highest BCUT2D eigenvalue weighted by Crippen LogP contribution is 2.15. The molecule has 1 nitrogen and oxygen atoms in total. The second-order valence-electron chi connectivity index (χ2n) is 6.57. The molecule has 0 aliphatic carbocycles. The fraction of sp³-hybridized carbons (Fsp3) is 0.950. The molecule has 2 heteroatoms. The van der Waals surface area contributed by atoms with Gasteiger partial charge in [0, 0.05) is 12.2 Å². The summed E-state index contributed by atoms with van der Waals surface area (Å²) in [5.74, 6) is 1.05. The van der Waals surface area contributed by atoms with Gasteiger partial charge in [0.1, 0.15) is 0 Å². The van der Waals surface area contributed by atoms with Crippen LogP contribution in [0.3, 0.4) is 0 Å². The molecule has 0 aliphatic rings. The molecule has 0 atom stereocenters. The molecule has 0 amide bonds. The van der Waals surface area contributed by atoms with Crippen molar-refractivity contribution in [2.24, 2.45) is 0 Å². The third-order valence-electron chi connectivity index (χ3n) is 4.25. The van der Waals surface area contributed by atoms with Crippen molar-refractivity contribution in [2.75, 3.05) is 5.75 Å². The Morgan fingerprint density at radius 1 is 0.591 bits per heavy atom. The van der Waals surface area contributed by atoms with Crippen molar-refractivity contribution in [3.8, 4) is 0 Å². The van der Waals surface area contributed by atoms with Gasteiger partial charge in [-0.25, -0.2) is 0 Å². The van der Waals surface area contributed by atoms with E-state index in [-0.39, 0.29) is 0 Å². The van der Waals surface area contributed by atoms with Crippen molar-refractivity contribution >= 4 is 16.9 Å². The molecule has 0 rings (SSSR count). The van der Waals surface area contributed by atoms with Gasteiger partial charge in [0.2, 0.25) is 0 Å². The van der Waals surface area contributed by atoms with E-state index in [4.69, 9.17) is 0 Å². The lowest BCUT2D eigenvalue weighted by molar-refractivity contribution is -0.111. The molecular weight excluding hydrogens is 288 g/mol. The molecule has 0 aliphatic heterocycles. The van der Waals surface area contributed by atoms with Crippen LogP contribution in [0, 0.1) is 0 Å². The average molecular weight is 329 g/mol. The molecule has 0 aromatic carbocycles. The highest BCUT2D eigenvalue weighted by molar-refractivity contribution is 8.13. The van der Waals surface area contributed by atoms with Gasteiger partial charge < -0.3 is 0 Å². The van der Waals surface area contributed by atoms with E-state index in [0.29, 0.717) is 5.12 Å². The summed E-state index contributed by atoms with van der Waals surface area (Å²) in [6.45, 7) is 4.50. The second-order valence-corrected chi connectivity index (χ2v) is 7.72. The van der Waals surface area contributed by atoms with E-state index in [2.05, 4.69) is 13.8 Å². The number of hydrogen-bond acceptors (Lipinski definition) is 2. The largest absolute Gasteiger partial charge is 0.287 e. The summed E-state index contributed by atoms with van der Waals surface area (Å²) >= 11 is 1.58. The summed E-state index contributed by atoms with van der Waals surface area (Å²) in [6.07, 6.45) is 20.8. The predicted octanol–water partition coefficient (Wildman–Crippen LogP) is 7.53. The molecule has 0 heterocycles. The summed E-state index contributed by atoms with van der Waals surface area (Å²) < 4.78 is 0. The average Bonchev–Trinajstić information content (AvgIpc) is 2.52. The fourth-order valence-corrected chi connectivity index (χ4v) is 3.59. The molecule has 0 unspecified atom stereocenters. The zero-order valence-electron chi connectivity index (χ0n) is 15.3. The minimum atomic E-state index is 0.424. The lowest BCUT2D eigenvalue weighted by Crippen LogP contribution is -1.94. The molecule has 0 aromatic rings. The Morgan fingerprint density at radius 2 is 1.00 bits per heavy atom. The summed E-state index contributed by atoms with van der Waals surface area (Å²) in [7, 11) is 0. The Bertz CT molecular complexity index is 228. The molecule has 0 N–H and O–H groups in total. The third kappa shape index (κ3) is 18.1. The van der Waals surface area contributed by atoms with Crippen molar-refractivity contribution in [1.82, 2.24) is 0 Å². The van der Waals surface area contributed by atoms with Crippen LogP contribution in [0.5, 0.6) is 0 Å². The Hall–Kier alpha value is 0.0200. The summed E-state index contributed by atoms with van der Waals surface area (Å²) in [6, 6.07) is 0. The molecule has 0 saturated carbocycles. The number of hydrogen-bond donors (Lipinski definition) is 0. The SMILES string of the molecule is CCCCCCCCCCCCSC(=O)CCCCCCC. The Balaban J connectivity index is 3.10. The normalized spacial score (nSPS) is 11.0. The Morgan fingerprint density at radius 3 is 1.50 bits per heavy atom. The van der Waals surface area contributed by atoms with Gasteiger partial charge in [-0.1, -0.05) is 109 Å². The quantitative estimate of drug-likeness (QED) is 0.257. The maximum atomic E-state index is 11.7. The van der Waals surface area contributed by atoms with Crippen molar-refractivity contribution in [3.63, 3.8) is 0 Å². The van der Waals surface area contributed by atoms with Gasteiger partial charge in [-0.2, -0.15) is 0 Å². The highest BCUT2D eigenvalue weighted by Gasteiger charge is 2.02. The monoisotopic (exact) mass is 328 g/mol. The van der Waals surface area contributed by atoms with Crippen molar-refractivity contribution in [3.05, 3.63) is 0 Å². The van der Waals surface area contributed by atoms with Crippen LogP contribution in [0.15, 0.2) is 0 Å². The van der Waals surface area contributed by atoms with Crippen LogP contribution in [0.25, 0.3) is 0 Å². The van der Waals surface area contributed by atoms with Gasteiger partial charge in [-0.3, -0.25) is 4.79 Å². The number of carbonyl (C=O) groups excluding carboxylic acids is 1. The van der Waals surface area contributed by atoms with Crippen molar-refractivity contribution < 1.29 is 4.79 Å². The topological polar surface area (TPSA) is 17.1 Å². The molecule has 132 valence electrons. The third-order valence-corrected chi connectivity index (χ3v) is 5.26. The Kier molecular flexibility index (Phi) is 19.1. The zero-order valence-corrected chi connectivity index (χ0v) is 16.2. The number of carbonyl (C=O) groups is 1. The molecule has 0 spiro atoms. The first-order valence-electron chi connectivity index (χ1n) is 9.96. The molecule has 0 aromatic heterocycles. The molecule has 0 saturated heterocycles. The highest BCUT2D eigenvalue weighted by atomic mass is 32.2. The van der Waals surface area contributed by atoms with Crippen LogP contribution in [0.1, 0.15) is 117 Å². The Labute approximate surface area is 144 Å². The lowest BCUT2D eigenvalue weighted by atomic mass is 10.1. The first kappa shape index (κ1) is 22.0. The maximum absolute atomic E-state index is 11.7. The summed E-state index contributed by atoms with van der Waals surface area (Å²) in [4.78, 5) is 11.7. The van der Waals surface area contributed by atoms with Crippen LogP contribution >= 0.6 is 11.8 Å². The first-order chi connectivity index (χ1) is 10.8. The minimum absolute atomic E-state index is 0.424. The van der Waals surface area contributed by atoms with Crippen LogP contribution in [0.2, 0.25) is 0 Å². The van der Waals surface area contributed by atoms with Crippen LogP contribution in [-0.4, -0.2) is 10.9 Å². The van der Waals surface area contributed by atoms with Crippen LogP contribution in [0.4, 0.5) is 0 Å². The lowest BCUT2D eigenvalue weighted by Gasteiger charge is -2.03. The van der Waals surface area contributed by atoms with E-state index in [0.717, 1.165) is 18.6 Å². The van der Waals surface area contributed by atoms with E-state index >= 15 is 0 Å². The summed E-state index contributed by atoms with van der Waals surface area (Å²) in [5.41, 5.74) is 0. The van der Waals surface area contributed by atoms with Gasteiger partial charge in [-0.05, 0) is 12.8 Å². The molecule has 22 heavy (non-hydrogen) atoms. The van der Waals surface area contributed by atoms with Gasteiger partial charge in [0.15, 0.2) is 5.12 Å². The predicted molar refractivity (Wildman–Crippen MR) is 103 cm³/mol. The second kappa shape index (κ2) is 19.1. The fourth-order valence-electron chi connectivity index (χ4n) is 2.72. The zero-order chi connectivity index (χ0) is 16.3. The van der Waals surface area contributed by atoms with E-state index in [1.54, 1.807) is 11.8 Å². The van der Waals surface area contributed by atoms with E-state index in [9.17, 15) is 4.79 Å². The number of unbranched alkanes of at least 4 members (excludes halogenated alkanes) is 13. The van der Waals surface area contributed by atoms with Crippen LogP contribution < -0.4 is 0 Å². The van der Waals surface area contributed by atoms with Gasteiger partial charge in [-0.15, -0.1) is 0 Å². The van der Waals surface area contributed by atoms with Gasteiger partial charge in [0.05, 0.1) is 0 Å². The molecule has 0 fully saturated rings. The number of rotatable bonds is 17. The van der Waals surface area contributed by atoms with E-state index in [1.807, 2.05) is 0 Å². The smallest absolute Gasteiger partial charge is 0.188 e. The number of thioether (sulfide) groups is 1. The molecule has 0 bridgehead atoms. The van der Waals surface area contributed by atoms with Crippen LogP contribution in [-0.2, 0) is 4.79 Å². The van der Waals surface area contributed by atoms with Crippen molar-refractivity contribution in [2.45, 2.75) is 117 Å². The molecular formula is C20H40OS. The minimum Gasteiger partial charge on any atom is -0.287 e. The standard InChI is InChI=1S/C20H40OS/c1-3-5-7-9-10-11-12-13-15-17-19-22-20(21)18-16-14-8-6-4-2/h3-19H2,1-2H3. The maximum Gasteiger partial charge on any atom is 0.188 e. The van der Waals surface area contributed by atoms with E-state index < -0.39 is 0 Å². The first-order valence-corrected chi connectivity index (χ1v) is 11.0. The van der Waals surface area contributed by atoms with Gasteiger partial charge >= 0.3 is 0 Å². The molecule has 0 radical (unpaired) electrons. The van der Waals surface area contributed by atoms with Gasteiger partial charge in [0.25, 0.3) is 0 Å². The van der Waals surface area contributed by atoms with Crippen molar-refractivity contribution in [1.29, 1.82) is 0 Å².